The second kappa shape index (κ2) is 11.0. The van der Waals surface area contributed by atoms with Crippen LogP contribution in [0, 0.1) is 0 Å². The molecule has 2 aromatic carbocycles. The Morgan fingerprint density at radius 3 is 1.43 bits per heavy atom. The summed E-state index contributed by atoms with van der Waals surface area (Å²) in [5.41, 5.74) is 3.59. The molecular weight excluding hydrogens is 372 g/mol. The molecule has 0 saturated carbocycles. The zero-order valence-corrected chi connectivity index (χ0v) is 18.4. The molecule has 0 aliphatic heterocycles. The summed E-state index contributed by atoms with van der Waals surface area (Å²) in [6.45, 7) is 6.00. The lowest BCUT2D eigenvalue weighted by Gasteiger charge is -2.24. The van der Waals surface area contributed by atoms with Crippen molar-refractivity contribution in [1.29, 1.82) is 0 Å². The van der Waals surface area contributed by atoms with Crippen molar-refractivity contribution in [3.05, 3.63) is 58.7 Å². The molecule has 0 spiro atoms. The summed E-state index contributed by atoms with van der Waals surface area (Å²) in [4.78, 5) is 26.7. The number of fused-ring (bicyclic) bond motifs is 2. The average Bonchev–Trinajstić information content (AvgIpc) is 2.77. The number of unbranched alkanes of at least 4 members (excludes halogenated alkanes) is 6. The number of rotatable bonds is 12. The van der Waals surface area contributed by atoms with E-state index < -0.39 is 0 Å². The molecule has 2 N–H and O–H groups in total. The molecule has 0 saturated heterocycles. The Hall–Kier alpha value is -2.62. The summed E-state index contributed by atoms with van der Waals surface area (Å²) in [5.74, 6) is -0.128. The standard InChI is InChI=1S/C26H34N2O2/c1-3-5-7-11-17-27-21-15-16-22(28-18-12-8-6-4-2)24-23(21)25(29)19-13-9-10-14-20(19)26(24)30/h9-10,13-16,27-28H,3-8,11-12,17-18H2,1-2H3. The fourth-order valence-electron chi connectivity index (χ4n) is 4.07. The van der Waals surface area contributed by atoms with Crippen LogP contribution in [0.2, 0.25) is 0 Å². The first-order chi connectivity index (χ1) is 14.7. The Balaban J connectivity index is 1.88. The summed E-state index contributed by atoms with van der Waals surface area (Å²) in [5, 5.41) is 6.85. The number of hydrogen-bond donors (Lipinski definition) is 2. The number of anilines is 2. The molecule has 0 fully saturated rings. The van der Waals surface area contributed by atoms with Crippen LogP contribution in [0.25, 0.3) is 0 Å². The van der Waals surface area contributed by atoms with Crippen molar-refractivity contribution >= 4 is 22.9 Å². The molecule has 4 nitrogen and oxygen atoms in total. The molecular formula is C26H34N2O2. The molecule has 30 heavy (non-hydrogen) atoms. The number of carbonyl (C=O) groups excluding carboxylic acids is 2. The third-order valence-corrected chi connectivity index (χ3v) is 5.77. The van der Waals surface area contributed by atoms with E-state index in [9.17, 15) is 9.59 Å². The van der Waals surface area contributed by atoms with Gasteiger partial charge in [-0.05, 0) is 25.0 Å². The Morgan fingerprint density at radius 2 is 1.03 bits per heavy atom. The molecule has 0 atom stereocenters. The van der Waals surface area contributed by atoms with Gasteiger partial charge in [0, 0.05) is 35.6 Å². The summed E-state index contributed by atoms with van der Waals surface area (Å²) in [7, 11) is 0. The topological polar surface area (TPSA) is 58.2 Å². The van der Waals surface area contributed by atoms with E-state index in [-0.39, 0.29) is 11.6 Å². The maximum absolute atomic E-state index is 13.4. The monoisotopic (exact) mass is 406 g/mol. The lowest BCUT2D eigenvalue weighted by molar-refractivity contribution is 0.0980. The molecule has 0 radical (unpaired) electrons. The Bertz CT molecular complexity index is 817. The van der Waals surface area contributed by atoms with Gasteiger partial charge < -0.3 is 10.6 Å². The van der Waals surface area contributed by atoms with E-state index in [1.807, 2.05) is 24.3 Å². The molecule has 3 rings (SSSR count). The third-order valence-electron chi connectivity index (χ3n) is 5.77. The van der Waals surface area contributed by atoms with Gasteiger partial charge in [-0.2, -0.15) is 0 Å². The van der Waals surface area contributed by atoms with E-state index in [2.05, 4.69) is 24.5 Å². The maximum atomic E-state index is 13.4. The molecule has 1 aliphatic rings. The molecule has 0 heterocycles. The van der Waals surface area contributed by atoms with Gasteiger partial charge in [-0.25, -0.2) is 0 Å². The van der Waals surface area contributed by atoms with Crippen LogP contribution < -0.4 is 10.6 Å². The molecule has 0 unspecified atom stereocenters. The van der Waals surface area contributed by atoms with Gasteiger partial charge in [0.2, 0.25) is 0 Å². The fourth-order valence-corrected chi connectivity index (χ4v) is 4.07. The lowest BCUT2D eigenvalue weighted by atomic mass is 9.82. The summed E-state index contributed by atoms with van der Waals surface area (Å²) in [6.07, 6.45) is 9.25. The largest absolute Gasteiger partial charge is 0.384 e. The molecule has 2 aromatic rings. The predicted molar refractivity (Wildman–Crippen MR) is 125 cm³/mol. The van der Waals surface area contributed by atoms with Crippen molar-refractivity contribution < 1.29 is 9.59 Å². The Kier molecular flexibility index (Phi) is 8.06. The molecule has 0 amide bonds. The second-order valence-corrected chi connectivity index (χ2v) is 8.09. The lowest BCUT2D eigenvalue weighted by Crippen LogP contribution is -2.24. The molecule has 0 bridgehead atoms. The number of ketones is 2. The third kappa shape index (κ3) is 4.92. The highest BCUT2D eigenvalue weighted by Gasteiger charge is 2.33. The van der Waals surface area contributed by atoms with E-state index >= 15 is 0 Å². The fraction of sp³-hybridized carbons (Fsp3) is 0.462. The van der Waals surface area contributed by atoms with Gasteiger partial charge in [0.1, 0.15) is 0 Å². The predicted octanol–water partition coefficient (Wildman–Crippen LogP) is 6.45. The number of hydrogen-bond acceptors (Lipinski definition) is 4. The normalized spacial score (nSPS) is 12.5. The van der Waals surface area contributed by atoms with Crippen molar-refractivity contribution in [3.8, 4) is 0 Å². The van der Waals surface area contributed by atoms with E-state index in [4.69, 9.17) is 0 Å². The first-order valence-corrected chi connectivity index (χ1v) is 11.5. The highest BCUT2D eigenvalue weighted by molar-refractivity contribution is 6.31. The highest BCUT2D eigenvalue weighted by Crippen LogP contribution is 2.36. The van der Waals surface area contributed by atoms with Gasteiger partial charge in [-0.15, -0.1) is 0 Å². The maximum Gasteiger partial charge on any atom is 0.196 e. The van der Waals surface area contributed by atoms with Crippen LogP contribution in [0.4, 0.5) is 11.4 Å². The van der Waals surface area contributed by atoms with E-state index in [1.165, 1.54) is 38.5 Å². The average molecular weight is 407 g/mol. The van der Waals surface area contributed by atoms with Crippen LogP contribution >= 0.6 is 0 Å². The van der Waals surface area contributed by atoms with Crippen molar-refractivity contribution in [3.63, 3.8) is 0 Å². The van der Waals surface area contributed by atoms with E-state index in [1.54, 1.807) is 12.1 Å². The van der Waals surface area contributed by atoms with Gasteiger partial charge in [0.25, 0.3) is 0 Å². The van der Waals surface area contributed by atoms with Crippen molar-refractivity contribution in [2.45, 2.75) is 65.2 Å². The van der Waals surface area contributed by atoms with Gasteiger partial charge in [-0.1, -0.05) is 76.6 Å². The van der Waals surface area contributed by atoms with Gasteiger partial charge in [0.15, 0.2) is 11.6 Å². The van der Waals surface area contributed by atoms with Crippen LogP contribution in [0.1, 0.15) is 97.1 Å². The van der Waals surface area contributed by atoms with Crippen LogP contribution in [0.5, 0.6) is 0 Å². The van der Waals surface area contributed by atoms with Crippen LogP contribution in [-0.2, 0) is 0 Å². The Labute approximate surface area is 180 Å². The summed E-state index contributed by atoms with van der Waals surface area (Å²) >= 11 is 0. The van der Waals surface area contributed by atoms with Crippen LogP contribution in [-0.4, -0.2) is 24.7 Å². The highest BCUT2D eigenvalue weighted by atomic mass is 16.1. The van der Waals surface area contributed by atoms with Crippen molar-refractivity contribution in [1.82, 2.24) is 0 Å². The van der Waals surface area contributed by atoms with Crippen molar-refractivity contribution in [2.75, 3.05) is 23.7 Å². The SMILES string of the molecule is CCCCCCNc1ccc(NCCCCCC)c2c1C(=O)c1ccccc1C2=O. The summed E-state index contributed by atoms with van der Waals surface area (Å²) < 4.78 is 0. The van der Waals surface area contributed by atoms with Crippen molar-refractivity contribution in [2.24, 2.45) is 0 Å². The molecule has 0 aromatic heterocycles. The van der Waals surface area contributed by atoms with E-state index in [0.29, 0.717) is 22.3 Å². The number of carbonyl (C=O) groups is 2. The minimum absolute atomic E-state index is 0.0640. The summed E-state index contributed by atoms with van der Waals surface area (Å²) in [6, 6.07) is 11.1. The zero-order chi connectivity index (χ0) is 21.3. The minimum atomic E-state index is -0.0640. The zero-order valence-electron chi connectivity index (χ0n) is 18.4. The van der Waals surface area contributed by atoms with Gasteiger partial charge in [0.05, 0.1) is 11.1 Å². The molecule has 160 valence electrons. The van der Waals surface area contributed by atoms with Crippen LogP contribution in [0.3, 0.4) is 0 Å². The first kappa shape index (κ1) is 22.1. The van der Waals surface area contributed by atoms with E-state index in [0.717, 1.165) is 37.3 Å². The van der Waals surface area contributed by atoms with Gasteiger partial charge in [-0.3, -0.25) is 9.59 Å². The Morgan fingerprint density at radius 1 is 0.600 bits per heavy atom. The quantitative estimate of drug-likeness (QED) is 0.340. The second-order valence-electron chi connectivity index (χ2n) is 8.09. The first-order valence-electron chi connectivity index (χ1n) is 11.5. The smallest absolute Gasteiger partial charge is 0.196 e. The number of benzene rings is 2. The molecule has 1 aliphatic carbocycles. The van der Waals surface area contributed by atoms with Crippen LogP contribution in [0.15, 0.2) is 36.4 Å². The molecule has 4 heteroatoms. The minimum Gasteiger partial charge on any atom is -0.384 e. The van der Waals surface area contributed by atoms with Gasteiger partial charge >= 0.3 is 0 Å². The number of nitrogens with one attached hydrogen (secondary N) is 2.